The normalized spacial score (nSPS) is 13.4. The van der Waals surface area contributed by atoms with Crippen LogP contribution in [0.3, 0.4) is 0 Å². The van der Waals surface area contributed by atoms with Crippen molar-refractivity contribution in [1.29, 1.82) is 0 Å². The molecule has 0 unspecified atom stereocenters. The maximum atomic E-state index is 6.11. The smallest absolute Gasteiger partial charge is 0.197 e. The topological polar surface area (TPSA) is 60.1 Å². The molecule has 0 radical (unpaired) electrons. The molecule has 5 heteroatoms. The van der Waals surface area contributed by atoms with Gasteiger partial charge in [0, 0.05) is 24.2 Å². The van der Waals surface area contributed by atoms with Gasteiger partial charge in [0.2, 0.25) is 0 Å². The van der Waals surface area contributed by atoms with Crippen molar-refractivity contribution >= 4 is 11.6 Å². The first kappa shape index (κ1) is 14.3. The monoisotopic (exact) mass is 297 g/mol. The van der Waals surface area contributed by atoms with Crippen LogP contribution >= 0.6 is 0 Å². The molecule has 1 heterocycles. The number of para-hydroxylation sites is 1. The van der Waals surface area contributed by atoms with E-state index in [0.717, 1.165) is 28.3 Å². The molecule has 0 saturated carbocycles. The largest absolute Gasteiger partial charge is 0.497 e. The molecule has 2 N–H and O–H groups in total. The summed E-state index contributed by atoms with van der Waals surface area (Å²) in [5.41, 5.74) is 9.18. The first-order chi connectivity index (χ1) is 10.7. The number of fused-ring (bicyclic) bond motifs is 1. The molecular formula is C17H19N3O2. The van der Waals surface area contributed by atoms with E-state index in [1.165, 1.54) is 0 Å². The highest BCUT2D eigenvalue weighted by Gasteiger charge is 2.19. The fourth-order valence-corrected chi connectivity index (χ4v) is 2.58. The average Bonchev–Trinajstić information content (AvgIpc) is 2.55. The Hall–Kier alpha value is -2.69. The zero-order valence-electron chi connectivity index (χ0n) is 12.7. The standard InChI is InChI=1S/C17H19N3O2/c1-21-14-7-8-15-13(9-14)11-20(17(18)19-15)10-12-5-3-4-6-16(12)22-2/h3-9H,10-11H2,1-2H3,(H2,18,19). The highest BCUT2D eigenvalue weighted by molar-refractivity contribution is 5.83. The van der Waals surface area contributed by atoms with Gasteiger partial charge in [-0.15, -0.1) is 0 Å². The minimum atomic E-state index is 0.517. The molecule has 0 atom stereocenters. The first-order valence-electron chi connectivity index (χ1n) is 7.09. The number of benzene rings is 2. The van der Waals surface area contributed by atoms with E-state index in [2.05, 4.69) is 4.99 Å². The van der Waals surface area contributed by atoms with Crippen LogP contribution in [0.25, 0.3) is 0 Å². The van der Waals surface area contributed by atoms with Crippen molar-refractivity contribution in [2.24, 2.45) is 10.7 Å². The van der Waals surface area contributed by atoms with Gasteiger partial charge < -0.3 is 20.1 Å². The zero-order valence-corrected chi connectivity index (χ0v) is 12.7. The molecule has 22 heavy (non-hydrogen) atoms. The second-order valence-corrected chi connectivity index (χ2v) is 5.13. The molecule has 0 aromatic heterocycles. The van der Waals surface area contributed by atoms with Crippen LogP contribution < -0.4 is 15.2 Å². The van der Waals surface area contributed by atoms with Gasteiger partial charge in [-0.05, 0) is 24.3 Å². The Bertz CT molecular complexity index is 713. The Morgan fingerprint density at radius 2 is 1.95 bits per heavy atom. The maximum Gasteiger partial charge on any atom is 0.197 e. The molecule has 114 valence electrons. The van der Waals surface area contributed by atoms with Crippen LogP contribution in [0.4, 0.5) is 5.69 Å². The van der Waals surface area contributed by atoms with Crippen LogP contribution in [0.1, 0.15) is 11.1 Å². The van der Waals surface area contributed by atoms with Crippen LogP contribution in [0, 0.1) is 0 Å². The van der Waals surface area contributed by atoms with Crippen molar-refractivity contribution in [2.45, 2.75) is 13.1 Å². The summed E-state index contributed by atoms with van der Waals surface area (Å²) in [6.07, 6.45) is 0. The third kappa shape index (κ3) is 2.70. The number of hydrogen-bond acceptors (Lipinski definition) is 5. The van der Waals surface area contributed by atoms with Gasteiger partial charge in [-0.25, -0.2) is 4.99 Å². The van der Waals surface area contributed by atoms with Gasteiger partial charge in [-0.2, -0.15) is 0 Å². The number of aliphatic imine (C=N–C) groups is 1. The minimum Gasteiger partial charge on any atom is -0.497 e. The summed E-state index contributed by atoms with van der Waals surface area (Å²) in [6.45, 7) is 1.34. The van der Waals surface area contributed by atoms with Crippen molar-refractivity contribution in [1.82, 2.24) is 4.90 Å². The molecular weight excluding hydrogens is 278 g/mol. The number of ether oxygens (including phenoxy) is 2. The Kier molecular flexibility index (Phi) is 3.87. The number of nitrogens with zero attached hydrogens (tertiary/aromatic N) is 2. The predicted molar refractivity (Wildman–Crippen MR) is 86.5 cm³/mol. The van der Waals surface area contributed by atoms with Crippen LogP contribution in [-0.2, 0) is 13.1 Å². The van der Waals surface area contributed by atoms with Gasteiger partial charge >= 0.3 is 0 Å². The molecule has 0 saturated heterocycles. The van der Waals surface area contributed by atoms with Crippen molar-refractivity contribution in [3.8, 4) is 11.5 Å². The van der Waals surface area contributed by atoms with E-state index in [1.807, 2.05) is 47.4 Å². The summed E-state index contributed by atoms with van der Waals surface area (Å²) in [4.78, 5) is 6.51. The van der Waals surface area contributed by atoms with E-state index in [4.69, 9.17) is 15.2 Å². The van der Waals surface area contributed by atoms with Gasteiger partial charge in [-0.3, -0.25) is 0 Å². The van der Waals surface area contributed by atoms with E-state index >= 15 is 0 Å². The van der Waals surface area contributed by atoms with Gasteiger partial charge in [0.1, 0.15) is 11.5 Å². The highest BCUT2D eigenvalue weighted by atomic mass is 16.5. The fourth-order valence-electron chi connectivity index (χ4n) is 2.58. The Morgan fingerprint density at radius 3 is 2.73 bits per heavy atom. The highest BCUT2D eigenvalue weighted by Crippen LogP contribution is 2.30. The van der Waals surface area contributed by atoms with E-state index in [-0.39, 0.29) is 0 Å². The zero-order chi connectivity index (χ0) is 15.5. The van der Waals surface area contributed by atoms with Crippen molar-refractivity contribution in [3.63, 3.8) is 0 Å². The number of nitrogens with two attached hydrogens (primary N) is 1. The molecule has 2 aromatic rings. The summed E-state index contributed by atoms with van der Waals surface area (Å²) in [5.74, 6) is 2.20. The number of hydrogen-bond donors (Lipinski definition) is 1. The Morgan fingerprint density at radius 1 is 1.14 bits per heavy atom. The minimum absolute atomic E-state index is 0.517. The van der Waals surface area contributed by atoms with Crippen LogP contribution in [0.5, 0.6) is 11.5 Å². The van der Waals surface area contributed by atoms with E-state index < -0.39 is 0 Å². The lowest BCUT2D eigenvalue weighted by Crippen LogP contribution is -2.38. The lowest BCUT2D eigenvalue weighted by atomic mass is 10.1. The summed E-state index contributed by atoms with van der Waals surface area (Å²) in [7, 11) is 3.33. The fraction of sp³-hybridized carbons (Fsp3) is 0.235. The lowest BCUT2D eigenvalue weighted by Gasteiger charge is -2.28. The lowest BCUT2D eigenvalue weighted by molar-refractivity contribution is 0.368. The molecule has 1 aliphatic heterocycles. The number of methoxy groups -OCH3 is 2. The molecule has 0 bridgehead atoms. The molecule has 1 aliphatic rings. The van der Waals surface area contributed by atoms with Crippen LogP contribution in [0.15, 0.2) is 47.5 Å². The summed E-state index contributed by atoms with van der Waals surface area (Å²) in [6, 6.07) is 13.8. The van der Waals surface area contributed by atoms with Gasteiger partial charge in [0.25, 0.3) is 0 Å². The van der Waals surface area contributed by atoms with Crippen molar-refractivity contribution in [2.75, 3.05) is 14.2 Å². The second-order valence-electron chi connectivity index (χ2n) is 5.13. The summed E-state index contributed by atoms with van der Waals surface area (Å²) < 4.78 is 10.7. The first-order valence-corrected chi connectivity index (χ1v) is 7.09. The molecule has 5 nitrogen and oxygen atoms in total. The maximum absolute atomic E-state index is 6.11. The molecule has 0 spiro atoms. The summed E-state index contributed by atoms with van der Waals surface area (Å²) in [5, 5.41) is 0. The van der Waals surface area contributed by atoms with Gasteiger partial charge in [-0.1, -0.05) is 18.2 Å². The van der Waals surface area contributed by atoms with Crippen LogP contribution in [0.2, 0.25) is 0 Å². The Balaban J connectivity index is 1.87. The predicted octanol–water partition coefficient (Wildman–Crippen LogP) is 2.67. The molecule has 0 amide bonds. The molecule has 3 rings (SSSR count). The summed E-state index contributed by atoms with van der Waals surface area (Å²) >= 11 is 0. The van der Waals surface area contributed by atoms with E-state index in [0.29, 0.717) is 19.0 Å². The average molecular weight is 297 g/mol. The Labute approximate surface area is 130 Å². The van der Waals surface area contributed by atoms with Crippen molar-refractivity contribution in [3.05, 3.63) is 53.6 Å². The second kappa shape index (κ2) is 5.97. The number of rotatable bonds is 4. The number of guanidine groups is 1. The molecule has 0 aliphatic carbocycles. The van der Waals surface area contributed by atoms with Gasteiger partial charge in [0.05, 0.1) is 19.9 Å². The van der Waals surface area contributed by atoms with E-state index in [9.17, 15) is 0 Å². The van der Waals surface area contributed by atoms with E-state index in [1.54, 1.807) is 14.2 Å². The molecule has 0 fully saturated rings. The van der Waals surface area contributed by atoms with Crippen molar-refractivity contribution < 1.29 is 9.47 Å². The quantitative estimate of drug-likeness (QED) is 0.942. The molecule has 2 aromatic carbocycles. The third-order valence-electron chi connectivity index (χ3n) is 3.76. The van der Waals surface area contributed by atoms with Gasteiger partial charge in [0.15, 0.2) is 5.96 Å². The third-order valence-corrected chi connectivity index (χ3v) is 3.76. The SMILES string of the molecule is COc1ccc2c(c1)CN(Cc1ccccc1OC)C(N)=N2. The van der Waals surface area contributed by atoms with Crippen LogP contribution in [-0.4, -0.2) is 25.1 Å².